The number of benzene rings is 3. The van der Waals surface area contributed by atoms with Gasteiger partial charge in [-0.05, 0) is 60.0 Å². The number of nitrogens with zero attached hydrogens (tertiary/aromatic N) is 2. The SMILES string of the molecule is O=C(O)COc1ccc(Cl)cc1[C@@H]1c2ccc(F)cc2CCN1C(=O)OCc1nc2ccccc2s1. The third kappa shape index (κ3) is 4.98. The Morgan fingerprint density at radius 2 is 1.97 bits per heavy atom. The lowest BCUT2D eigenvalue weighted by Gasteiger charge is -2.37. The van der Waals surface area contributed by atoms with Gasteiger partial charge in [0.1, 0.15) is 23.2 Å². The molecule has 1 N–H and O–H groups in total. The van der Waals surface area contributed by atoms with Crippen LogP contribution in [-0.2, 0) is 22.6 Å². The summed E-state index contributed by atoms with van der Waals surface area (Å²) in [4.78, 5) is 30.5. The Kier molecular flexibility index (Phi) is 6.75. The Balaban J connectivity index is 1.48. The third-order valence-electron chi connectivity index (χ3n) is 5.84. The lowest BCUT2D eigenvalue weighted by Crippen LogP contribution is -2.41. The van der Waals surface area contributed by atoms with Crippen molar-refractivity contribution in [1.82, 2.24) is 9.88 Å². The van der Waals surface area contributed by atoms with Gasteiger partial charge in [0.2, 0.25) is 0 Å². The number of aromatic nitrogens is 1. The second-order valence-electron chi connectivity index (χ2n) is 8.18. The van der Waals surface area contributed by atoms with E-state index in [-0.39, 0.29) is 24.7 Å². The normalized spacial score (nSPS) is 14.9. The summed E-state index contributed by atoms with van der Waals surface area (Å²) in [5.41, 5.74) is 2.73. The van der Waals surface area contributed by atoms with Crippen molar-refractivity contribution in [3.63, 3.8) is 0 Å². The van der Waals surface area contributed by atoms with Gasteiger partial charge in [-0.3, -0.25) is 4.90 Å². The number of carbonyl (C=O) groups is 2. The van der Waals surface area contributed by atoms with E-state index in [9.17, 15) is 14.0 Å². The summed E-state index contributed by atoms with van der Waals surface area (Å²) in [6, 6.07) is 16.1. The molecule has 2 heterocycles. The van der Waals surface area contributed by atoms with E-state index < -0.39 is 24.7 Å². The van der Waals surface area contributed by atoms with Crippen LogP contribution in [0.25, 0.3) is 10.2 Å². The van der Waals surface area contributed by atoms with E-state index in [1.165, 1.54) is 28.4 Å². The van der Waals surface area contributed by atoms with Gasteiger partial charge in [0.05, 0.1) is 16.3 Å². The number of carboxylic acids is 1. The molecule has 184 valence electrons. The van der Waals surface area contributed by atoms with Crippen LogP contribution < -0.4 is 4.74 Å². The first-order chi connectivity index (χ1) is 17.4. The van der Waals surface area contributed by atoms with Gasteiger partial charge in [-0.25, -0.2) is 19.0 Å². The van der Waals surface area contributed by atoms with Gasteiger partial charge >= 0.3 is 12.1 Å². The Labute approximate surface area is 214 Å². The number of amides is 1. The molecule has 0 unspecified atom stereocenters. The summed E-state index contributed by atoms with van der Waals surface area (Å²) in [6.45, 7) is -0.319. The molecule has 0 aliphatic carbocycles. The first kappa shape index (κ1) is 24.0. The molecule has 0 saturated heterocycles. The second kappa shape index (κ2) is 10.1. The van der Waals surface area contributed by atoms with Crippen LogP contribution in [0.2, 0.25) is 5.02 Å². The van der Waals surface area contributed by atoms with Crippen molar-refractivity contribution < 1.29 is 28.6 Å². The van der Waals surface area contributed by atoms with Gasteiger partial charge in [0.25, 0.3) is 0 Å². The van der Waals surface area contributed by atoms with E-state index in [1.54, 1.807) is 24.3 Å². The van der Waals surface area contributed by atoms with Crippen LogP contribution >= 0.6 is 22.9 Å². The molecule has 1 aliphatic heterocycles. The van der Waals surface area contributed by atoms with E-state index in [0.29, 0.717) is 27.6 Å². The highest BCUT2D eigenvalue weighted by Gasteiger charge is 2.35. The summed E-state index contributed by atoms with van der Waals surface area (Å²) >= 11 is 7.73. The van der Waals surface area contributed by atoms with Gasteiger partial charge in [-0.2, -0.15) is 0 Å². The van der Waals surface area contributed by atoms with Gasteiger partial charge in [0, 0.05) is 17.1 Å². The van der Waals surface area contributed by atoms with E-state index in [0.717, 1.165) is 15.8 Å². The van der Waals surface area contributed by atoms with Crippen LogP contribution in [0.4, 0.5) is 9.18 Å². The lowest BCUT2D eigenvalue weighted by atomic mass is 9.88. The van der Waals surface area contributed by atoms with Crippen molar-refractivity contribution in [2.75, 3.05) is 13.2 Å². The van der Waals surface area contributed by atoms with Gasteiger partial charge < -0.3 is 14.6 Å². The van der Waals surface area contributed by atoms with E-state index in [2.05, 4.69) is 4.98 Å². The molecule has 36 heavy (non-hydrogen) atoms. The molecular formula is C26H20ClFN2O5S. The van der Waals surface area contributed by atoms with Crippen LogP contribution in [0.1, 0.15) is 27.7 Å². The summed E-state index contributed by atoms with van der Waals surface area (Å²) in [5, 5.41) is 10.1. The molecule has 10 heteroatoms. The van der Waals surface area contributed by atoms with Crippen LogP contribution in [0.3, 0.4) is 0 Å². The zero-order chi connectivity index (χ0) is 25.2. The monoisotopic (exact) mass is 526 g/mol. The number of aliphatic carboxylic acids is 1. The minimum atomic E-state index is -1.14. The standard InChI is InChI=1S/C26H20ClFN2O5S/c27-16-5-8-21(34-14-24(31)32)19(12-16)25-18-7-6-17(28)11-15(18)9-10-30(25)26(33)35-13-23-29-20-3-1-2-4-22(20)36-23/h1-8,11-12,25H,9-10,13-14H2,(H,31,32)/t25-/m0/s1. The topological polar surface area (TPSA) is 89.0 Å². The molecule has 0 spiro atoms. The maximum absolute atomic E-state index is 14.0. The molecule has 0 fully saturated rings. The van der Waals surface area contributed by atoms with Gasteiger partial charge in [-0.15, -0.1) is 11.3 Å². The van der Waals surface area contributed by atoms with E-state index >= 15 is 0 Å². The zero-order valence-electron chi connectivity index (χ0n) is 18.8. The molecule has 1 aliphatic rings. The second-order valence-corrected chi connectivity index (χ2v) is 9.74. The highest BCUT2D eigenvalue weighted by atomic mass is 35.5. The smallest absolute Gasteiger partial charge is 0.410 e. The molecule has 0 bridgehead atoms. The van der Waals surface area contributed by atoms with Crippen molar-refractivity contribution in [3.05, 3.63) is 93.2 Å². The van der Waals surface area contributed by atoms with Crippen LogP contribution in [0, 0.1) is 5.82 Å². The maximum atomic E-state index is 14.0. The van der Waals surface area contributed by atoms with E-state index in [1.807, 2.05) is 24.3 Å². The fourth-order valence-corrected chi connectivity index (χ4v) is 5.38. The number of carbonyl (C=O) groups excluding carboxylic acids is 1. The molecule has 0 radical (unpaired) electrons. The summed E-state index contributed by atoms with van der Waals surface area (Å²) < 4.78 is 26.2. The summed E-state index contributed by atoms with van der Waals surface area (Å²) in [6.07, 6.45) is -0.162. The number of carboxylic acid groups (broad SMARTS) is 1. The van der Waals surface area contributed by atoms with Gasteiger partial charge in [-0.1, -0.05) is 29.8 Å². The Hall–Kier alpha value is -3.69. The fourth-order valence-electron chi connectivity index (χ4n) is 4.32. The van der Waals surface area contributed by atoms with Crippen LogP contribution in [-0.4, -0.2) is 40.2 Å². The quantitative estimate of drug-likeness (QED) is 0.340. The Morgan fingerprint density at radius 1 is 1.14 bits per heavy atom. The Bertz CT molecular complexity index is 1430. The molecule has 1 aromatic heterocycles. The fraction of sp³-hybridized carbons (Fsp3) is 0.192. The molecular weight excluding hydrogens is 507 g/mol. The average molecular weight is 527 g/mol. The number of para-hydroxylation sites is 1. The predicted molar refractivity (Wildman–Crippen MR) is 133 cm³/mol. The molecule has 1 atom stereocenters. The van der Waals surface area contributed by atoms with Gasteiger partial charge in [0.15, 0.2) is 6.61 Å². The van der Waals surface area contributed by atoms with Crippen molar-refractivity contribution in [2.24, 2.45) is 0 Å². The minimum Gasteiger partial charge on any atom is -0.482 e. The molecule has 7 nitrogen and oxygen atoms in total. The van der Waals surface area contributed by atoms with Crippen LogP contribution in [0.15, 0.2) is 60.7 Å². The number of thiazole rings is 1. The first-order valence-electron chi connectivity index (χ1n) is 11.1. The Morgan fingerprint density at radius 3 is 2.78 bits per heavy atom. The number of ether oxygens (including phenoxy) is 2. The number of hydrogen-bond donors (Lipinski definition) is 1. The molecule has 5 rings (SSSR count). The van der Waals surface area contributed by atoms with Crippen molar-refractivity contribution in [3.8, 4) is 5.75 Å². The molecule has 3 aromatic carbocycles. The lowest BCUT2D eigenvalue weighted by molar-refractivity contribution is -0.139. The highest BCUT2D eigenvalue weighted by Crippen LogP contribution is 2.41. The molecule has 0 saturated carbocycles. The predicted octanol–water partition coefficient (Wildman–Crippen LogP) is 5.84. The molecule has 1 amide bonds. The third-order valence-corrected chi connectivity index (χ3v) is 7.09. The first-order valence-corrected chi connectivity index (χ1v) is 12.3. The largest absolute Gasteiger partial charge is 0.482 e. The number of halogens is 2. The zero-order valence-corrected chi connectivity index (χ0v) is 20.4. The number of fused-ring (bicyclic) bond motifs is 2. The van der Waals surface area contributed by atoms with Crippen molar-refractivity contribution in [1.29, 1.82) is 0 Å². The minimum absolute atomic E-state index is 0.00437. The van der Waals surface area contributed by atoms with Crippen molar-refractivity contribution in [2.45, 2.75) is 19.1 Å². The van der Waals surface area contributed by atoms with Crippen molar-refractivity contribution >= 4 is 45.2 Å². The average Bonchev–Trinajstić information content (AvgIpc) is 3.28. The maximum Gasteiger partial charge on any atom is 0.410 e. The summed E-state index contributed by atoms with van der Waals surface area (Å²) in [7, 11) is 0. The number of rotatable bonds is 6. The number of hydrogen-bond acceptors (Lipinski definition) is 6. The van der Waals surface area contributed by atoms with Crippen LogP contribution in [0.5, 0.6) is 5.75 Å². The highest BCUT2D eigenvalue weighted by molar-refractivity contribution is 7.18. The summed E-state index contributed by atoms with van der Waals surface area (Å²) in [5.74, 6) is -1.27. The molecule has 4 aromatic rings. The van der Waals surface area contributed by atoms with E-state index in [4.69, 9.17) is 26.2 Å².